The van der Waals surface area contributed by atoms with Gasteiger partial charge in [0.1, 0.15) is 0 Å². The summed E-state index contributed by atoms with van der Waals surface area (Å²) in [5, 5.41) is 0. The van der Waals surface area contributed by atoms with Crippen molar-refractivity contribution in [3.8, 4) is 0 Å². The molecular weight excluding hydrogens is 338 g/mol. The van der Waals surface area contributed by atoms with Crippen LogP contribution in [0.5, 0.6) is 0 Å². The number of hydrogen-bond acceptors (Lipinski definition) is 1. The summed E-state index contributed by atoms with van der Waals surface area (Å²) in [6.07, 6.45) is 10.9. The lowest BCUT2D eigenvalue weighted by molar-refractivity contribution is 0.0540. The van der Waals surface area contributed by atoms with Crippen molar-refractivity contribution in [2.45, 2.75) is 127 Å². The van der Waals surface area contributed by atoms with Gasteiger partial charge >= 0.3 is 0 Å². The van der Waals surface area contributed by atoms with E-state index in [0.29, 0.717) is 11.5 Å². The second-order valence-corrected chi connectivity index (χ2v) is 11.6. The molecule has 0 saturated heterocycles. The van der Waals surface area contributed by atoms with Crippen molar-refractivity contribution in [1.29, 1.82) is 0 Å². The maximum atomic E-state index is 2.74. The van der Waals surface area contributed by atoms with Gasteiger partial charge in [0, 0.05) is 6.04 Å². The fourth-order valence-corrected chi connectivity index (χ4v) is 5.29. The van der Waals surface area contributed by atoms with Crippen LogP contribution in [0.1, 0.15) is 121 Å². The zero-order valence-corrected chi connectivity index (χ0v) is 21.8. The van der Waals surface area contributed by atoms with Crippen molar-refractivity contribution >= 4 is 0 Å². The minimum Gasteiger partial charge on any atom is -0.303 e. The first kappa shape index (κ1) is 28.0. The predicted octanol–water partition coefficient (Wildman–Crippen LogP) is 8.67. The first-order valence-corrected chi connectivity index (χ1v) is 12.7. The Hall–Kier alpha value is -0.0400. The summed E-state index contributed by atoms with van der Waals surface area (Å²) >= 11 is 0. The van der Waals surface area contributed by atoms with Gasteiger partial charge in [-0.15, -0.1) is 0 Å². The highest BCUT2D eigenvalue weighted by Gasteiger charge is 2.36. The lowest BCUT2D eigenvalue weighted by Crippen LogP contribution is -2.46. The van der Waals surface area contributed by atoms with E-state index >= 15 is 0 Å². The second kappa shape index (κ2) is 14.1. The Balaban J connectivity index is 5.52. The third-order valence-corrected chi connectivity index (χ3v) is 7.09. The summed E-state index contributed by atoms with van der Waals surface area (Å²) in [6.45, 7) is 25.6. The van der Waals surface area contributed by atoms with E-state index in [4.69, 9.17) is 0 Å². The number of unbranched alkanes of at least 4 members (excludes halogenated alkanes) is 1. The molecule has 0 rings (SSSR count). The van der Waals surface area contributed by atoms with Crippen molar-refractivity contribution in [2.75, 3.05) is 13.6 Å². The monoisotopic (exact) mass is 395 g/mol. The average Bonchev–Trinajstić information content (AvgIpc) is 2.55. The van der Waals surface area contributed by atoms with Crippen LogP contribution in [0.15, 0.2) is 0 Å². The molecule has 0 aliphatic carbocycles. The molecule has 170 valence electrons. The Morgan fingerprint density at radius 2 is 1.39 bits per heavy atom. The average molecular weight is 396 g/mol. The Kier molecular flexibility index (Phi) is 14.0. The second-order valence-electron chi connectivity index (χ2n) is 11.6. The molecule has 0 heterocycles. The normalized spacial score (nSPS) is 17.4. The molecule has 0 radical (unpaired) electrons. The van der Waals surface area contributed by atoms with Gasteiger partial charge in [0.25, 0.3) is 0 Å². The Labute approximate surface area is 180 Å². The van der Waals surface area contributed by atoms with Crippen molar-refractivity contribution in [3.63, 3.8) is 0 Å². The Morgan fingerprint density at radius 3 is 1.82 bits per heavy atom. The predicted molar refractivity (Wildman–Crippen MR) is 130 cm³/mol. The molecule has 0 amide bonds. The molecule has 0 N–H and O–H groups in total. The van der Waals surface area contributed by atoms with Crippen LogP contribution in [-0.4, -0.2) is 24.5 Å². The molecule has 0 fully saturated rings. The molecule has 0 aliphatic rings. The Bertz CT molecular complexity index is 365. The van der Waals surface area contributed by atoms with E-state index in [0.717, 1.165) is 29.6 Å². The molecule has 0 aromatic heterocycles. The summed E-state index contributed by atoms with van der Waals surface area (Å²) < 4.78 is 0. The lowest BCUT2D eigenvalue weighted by Gasteiger charge is -2.44. The van der Waals surface area contributed by atoms with Crippen LogP contribution < -0.4 is 0 Å². The van der Waals surface area contributed by atoms with E-state index in [1.54, 1.807) is 0 Å². The smallest absolute Gasteiger partial charge is 0.0146 e. The fraction of sp³-hybridized carbons (Fsp3) is 1.00. The van der Waals surface area contributed by atoms with Gasteiger partial charge in [-0.05, 0) is 74.3 Å². The lowest BCUT2D eigenvalue weighted by atomic mass is 9.67. The molecule has 1 nitrogen and oxygen atoms in total. The quantitative estimate of drug-likeness (QED) is 0.268. The molecule has 1 heteroatoms. The molecule has 0 aliphatic heterocycles. The van der Waals surface area contributed by atoms with Crippen molar-refractivity contribution in [1.82, 2.24) is 4.90 Å². The molecule has 28 heavy (non-hydrogen) atoms. The van der Waals surface area contributed by atoms with Crippen LogP contribution in [0.25, 0.3) is 0 Å². The van der Waals surface area contributed by atoms with Crippen LogP contribution in [0.3, 0.4) is 0 Å². The van der Waals surface area contributed by atoms with Crippen LogP contribution in [0.2, 0.25) is 0 Å². The largest absolute Gasteiger partial charge is 0.303 e. The molecule has 0 spiro atoms. The van der Waals surface area contributed by atoms with Crippen LogP contribution >= 0.6 is 0 Å². The highest BCUT2D eigenvalue weighted by atomic mass is 15.1. The van der Waals surface area contributed by atoms with Gasteiger partial charge < -0.3 is 4.90 Å². The summed E-state index contributed by atoms with van der Waals surface area (Å²) in [4.78, 5) is 2.74. The summed E-state index contributed by atoms with van der Waals surface area (Å²) in [5.41, 5.74) is 0.414. The zero-order chi connectivity index (χ0) is 21.9. The van der Waals surface area contributed by atoms with E-state index < -0.39 is 0 Å². The third kappa shape index (κ3) is 10.7. The van der Waals surface area contributed by atoms with Gasteiger partial charge in [0.05, 0.1) is 0 Å². The van der Waals surface area contributed by atoms with Crippen LogP contribution in [-0.2, 0) is 0 Å². The van der Waals surface area contributed by atoms with Gasteiger partial charge in [-0.2, -0.15) is 0 Å². The zero-order valence-electron chi connectivity index (χ0n) is 21.8. The topological polar surface area (TPSA) is 3.24 Å². The number of nitrogens with zero attached hydrogens (tertiary/aromatic N) is 1. The minimum absolute atomic E-state index is 0.414. The van der Waals surface area contributed by atoms with Crippen molar-refractivity contribution < 1.29 is 0 Å². The summed E-state index contributed by atoms with van der Waals surface area (Å²) in [5.74, 6) is 4.00. The molecule has 4 unspecified atom stereocenters. The van der Waals surface area contributed by atoms with Crippen LogP contribution in [0.4, 0.5) is 0 Å². The van der Waals surface area contributed by atoms with E-state index in [9.17, 15) is 0 Å². The summed E-state index contributed by atoms with van der Waals surface area (Å²) in [6, 6.07) is 0.709. The molecule has 0 bridgehead atoms. The highest BCUT2D eigenvalue weighted by molar-refractivity contribution is 4.88. The molecule has 0 aromatic rings. The SMILES string of the molecule is CCCCC(CC(C(C)CCC)C(C(C)C)N(C)CCCC(C)C)C(C)(C)C. The maximum Gasteiger partial charge on any atom is 0.0146 e. The fourth-order valence-electron chi connectivity index (χ4n) is 5.29. The molecule has 0 saturated carbocycles. The number of rotatable bonds is 15. The van der Waals surface area contributed by atoms with Gasteiger partial charge in [-0.25, -0.2) is 0 Å². The van der Waals surface area contributed by atoms with Gasteiger partial charge in [0.15, 0.2) is 0 Å². The summed E-state index contributed by atoms with van der Waals surface area (Å²) in [7, 11) is 2.41. The molecule has 0 aromatic carbocycles. The highest BCUT2D eigenvalue weighted by Crippen LogP contribution is 2.41. The van der Waals surface area contributed by atoms with E-state index in [1.807, 2.05) is 0 Å². The first-order chi connectivity index (χ1) is 12.9. The van der Waals surface area contributed by atoms with E-state index in [-0.39, 0.29) is 0 Å². The maximum absolute atomic E-state index is 2.74. The van der Waals surface area contributed by atoms with Gasteiger partial charge in [-0.1, -0.05) is 94.9 Å². The van der Waals surface area contributed by atoms with Crippen molar-refractivity contribution in [2.24, 2.45) is 35.0 Å². The number of hydrogen-bond donors (Lipinski definition) is 0. The molecule has 4 atom stereocenters. The third-order valence-electron chi connectivity index (χ3n) is 7.09. The van der Waals surface area contributed by atoms with Gasteiger partial charge in [0.2, 0.25) is 0 Å². The standard InChI is InChI=1S/C27H57N/c1-12-14-18-24(27(8,9)10)20-25(23(7)16-13-2)26(22(5)6)28(11)19-15-17-21(3)4/h21-26H,12-20H2,1-11H3. The van der Waals surface area contributed by atoms with E-state index in [2.05, 4.69) is 81.2 Å². The molecular formula is C27H57N. The first-order valence-electron chi connectivity index (χ1n) is 12.7. The van der Waals surface area contributed by atoms with Gasteiger partial charge in [-0.3, -0.25) is 0 Å². The minimum atomic E-state index is 0.414. The Morgan fingerprint density at radius 1 is 0.786 bits per heavy atom. The van der Waals surface area contributed by atoms with Crippen molar-refractivity contribution in [3.05, 3.63) is 0 Å². The van der Waals surface area contributed by atoms with Crippen LogP contribution in [0, 0.1) is 35.0 Å². The van der Waals surface area contributed by atoms with E-state index in [1.165, 1.54) is 57.9 Å².